The predicted molar refractivity (Wildman–Crippen MR) is 74.4 cm³/mol. The summed E-state index contributed by atoms with van der Waals surface area (Å²) in [4.78, 5) is 22.7. The van der Waals surface area contributed by atoms with Crippen LogP contribution in [0.4, 0.5) is 0 Å². The number of carbonyl (C=O) groups excluding carboxylic acids is 2. The molecule has 1 aromatic carbocycles. The summed E-state index contributed by atoms with van der Waals surface area (Å²) in [6.07, 6.45) is 0.135. The van der Waals surface area contributed by atoms with Crippen molar-refractivity contribution < 1.29 is 19.4 Å². The number of benzene rings is 1. The van der Waals surface area contributed by atoms with Crippen LogP contribution in [0.5, 0.6) is 5.75 Å². The fraction of sp³-hybridized carbons (Fsp3) is 0.333. The Balaban J connectivity index is 2.45. The number of nitrogens with one attached hydrogen (secondary N) is 1. The standard InChI is InChI=1S/C12H14INO4/c1-2-18-11(16)5-6-14-12(17)8-3-4-9(13)10(15)7-8/h3-4,7,15H,2,5-6H2,1H3,(H,14,17). The first-order valence-electron chi connectivity index (χ1n) is 5.47. The van der Waals surface area contributed by atoms with E-state index in [2.05, 4.69) is 5.32 Å². The number of aromatic hydroxyl groups is 1. The lowest BCUT2D eigenvalue weighted by atomic mass is 10.2. The van der Waals surface area contributed by atoms with E-state index in [-0.39, 0.29) is 30.6 Å². The lowest BCUT2D eigenvalue weighted by Gasteiger charge is -2.06. The lowest BCUT2D eigenvalue weighted by molar-refractivity contribution is -0.142. The van der Waals surface area contributed by atoms with Crippen LogP contribution in [-0.4, -0.2) is 30.1 Å². The zero-order valence-electron chi connectivity index (χ0n) is 9.90. The van der Waals surface area contributed by atoms with Gasteiger partial charge < -0.3 is 15.2 Å². The number of ether oxygens (including phenoxy) is 1. The van der Waals surface area contributed by atoms with Gasteiger partial charge in [-0.15, -0.1) is 0 Å². The molecule has 1 aromatic rings. The summed E-state index contributed by atoms with van der Waals surface area (Å²) >= 11 is 1.97. The van der Waals surface area contributed by atoms with Crippen LogP contribution in [-0.2, 0) is 9.53 Å². The van der Waals surface area contributed by atoms with E-state index in [0.29, 0.717) is 15.7 Å². The second-order valence-corrected chi connectivity index (χ2v) is 4.64. The summed E-state index contributed by atoms with van der Waals surface area (Å²) in [6, 6.07) is 4.65. The molecule has 0 radical (unpaired) electrons. The molecule has 0 aromatic heterocycles. The highest BCUT2D eigenvalue weighted by Gasteiger charge is 2.09. The molecule has 0 aliphatic rings. The number of rotatable bonds is 5. The molecule has 0 atom stereocenters. The highest BCUT2D eigenvalue weighted by Crippen LogP contribution is 2.20. The first-order valence-corrected chi connectivity index (χ1v) is 6.54. The molecular formula is C12H14INO4. The van der Waals surface area contributed by atoms with Gasteiger partial charge in [0.05, 0.1) is 16.6 Å². The molecule has 0 saturated heterocycles. The van der Waals surface area contributed by atoms with E-state index in [0.717, 1.165) is 0 Å². The molecule has 0 spiro atoms. The van der Waals surface area contributed by atoms with Gasteiger partial charge in [0, 0.05) is 12.1 Å². The Labute approximate surface area is 119 Å². The summed E-state index contributed by atoms with van der Waals surface area (Å²) in [7, 11) is 0. The van der Waals surface area contributed by atoms with E-state index >= 15 is 0 Å². The molecule has 0 saturated carbocycles. The fourth-order valence-electron chi connectivity index (χ4n) is 1.27. The topological polar surface area (TPSA) is 75.6 Å². The minimum absolute atomic E-state index is 0.0636. The molecule has 98 valence electrons. The quantitative estimate of drug-likeness (QED) is 0.617. The maximum Gasteiger partial charge on any atom is 0.307 e. The summed E-state index contributed by atoms with van der Waals surface area (Å²) in [5, 5.41) is 12.1. The molecule has 0 aliphatic carbocycles. The average molecular weight is 363 g/mol. The molecule has 0 bridgehead atoms. The zero-order chi connectivity index (χ0) is 13.5. The lowest BCUT2D eigenvalue weighted by Crippen LogP contribution is -2.26. The van der Waals surface area contributed by atoms with Crippen LogP contribution in [0.3, 0.4) is 0 Å². The maximum atomic E-state index is 11.7. The molecule has 1 amide bonds. The molecule has 0 heterocycles. The summed E-state index contributed by atoms with van der Waals surface area (Å²) < 4.78 is 5.41. The number of hydrogen-bond acceptors (Lipinski definition) is 4. The largest absolute Gasteiger partial charge is 0.507 e. The number of phenols is 1. The number of carbonyl (C=O) groups is 2. The minimum Gasteiger partial charge on any atom is -0.507 e. The zero-order valence-corrected chi connectivity index (χ0v) is 12.1. The molecule has 1 rings (SSSR count). The van der Waals surface area contributed by atoms with Crippen LogP contribution >= 0.6 is 22.6 Å². The van der Waals surface area contributed by atoms with Gasteiger partial charge in [0.1, 0.15) is 5.75 Å². The van der Waals surface area contributed by atoms with E-state index < -0.39 is 0 Å². The second-order valence-electron chi connectivity index (χ2n) is 3.48. The Morgan fingerprint density at radius 3 is 2.78 bits per heavy atom. The van der Waals surface area contributed by atoms with Crippen molar-refractivity contribution in [3.8, 4) is 5.75 Å². The SMILES string of the molecule is CCOC(=O)CCNC(=O)c1ccc(I)c(O)c1. The van der Waals surface area contributed by atoms with E-state index in [9.17, 15) is 14.7 Å². The number of esters is 1. The Morgan fingerprint density at radius 1 is 1.44 bits per heavy atom. The van der Waals surface area contributed by atoms with E-state index in [1.807, 2.05) is 22.6 Å². The van der Waals surface area contributed by atoms with E-state index in [1.54, 1.807) is 19.1 Å². The van der Waals surface area contributed by atoms with Crippen molar-refractivity contribution in [2.45, 2.75) is 13.3 Å². The van der Waals surface area contributed by atoms with Gasteiger partial charge in [-0.25, -0.2) is 0 Å². The molecule has 18 heavy (non-hydrogen) atoms. The highest BCUT2D eigenvalue weighted by atomic mass is 127. The van der Waals surface area contributed by atoms with Crippen molar-refractivity contribution in [2.24, 2.45) is 0 Å². The summed E-state index contributed by atoms with van der Waals surface area (Å²) in [5.41, 5.74) is 0.358. The molecule has 0 fully saturated rings. The van der Waals surface area contributed by atoms with Crippen molar-refractivity contribution >= 4 is 34.5 Å². The smallest absolute Gasteiger partial charge is 0.307 e. The van der Waals surface area contributed by atoms with E-state index in [1.165, 1.54) is 6.07 Å². The van der Waals surface area contributed by atoms with Gasteiger partial charge in [0.25, 0.3) is 5.91 Å². The van der Waals surface area contributed by atoms with Gasteiger partial charge in [-0.1, -0.05) is 0 Å². The van der Waals surface area contributed by atoms with Crippen molar-refractivity contribution in [3.05, 3.63) is 27.3 Å². The van der Waals surface area contributed by atoms with Crippen LogP contribution in [0, 0.1) is 3.57 Å². The minimum atomic E-state index is -0.344. The van der Waals surface area contributed by atoms with Crippen LogP contribution in [0.25, 0.3) is 0 Å². The Hall–Kier alpha value is -1.31. The van der Waals surface area contributed by atoms with Crippen LogP contribution in [0.15, 0.2) is 18.2 Å². The Kier molecular flexibility index (Phi) is 5.90. The first-order chi connectivity index (χ1) is 8.54. The number of hydrogen-bond donors (Lipinski definition) is 2. The van der Waals surface area contributed by atoms with E-state index in [4.69, 9.17) is 4.74 Å². The maximum absolute atomic E-state index is 11.7. The Morgan fingerprint density at radius 2 is 2.17 bits per heavy atom. The van der Waals surface area contributed by atoms with Crippen molar-refractivity contribution in [2.75, 3.05) is 13.2 Å². The predicted octanol–water partition coefficient (Wildman–Crippen LogP) is 1.68. The molecule has 6 heteroatoms. The Bertz CT molecular complexity index is 448. The first kappa shape index (κ1) is 14.7. The van der Waals surface area contributed by atoms with Crippen molar-refractivity contribution in [1.29, 1.82) is 0 Å². The third-order valence-electron chi connectivity index (χ3n) is 2.13. The number of halogens is 1. The molecule has 0 aliphatic heterocycles. The molecule has 5 nitrogen and oxygen atoms in total. The second kappa shape index (κ2) is 7.20. The number of phenolic OH excluding ortho intramolecular Hbond substituents is 1. The molecule has 0 unspecified atom stereocenters. The average Bonchev–Trinajstić information content (AvgIpc) is 2.33. The van der Waals surface area contributed by atoms with Gasteiger partial charge in [-0.05, 0) is 47.7 Å². The summed E-state index contributed by atoms with van der Waals surface area (Å²) in [5.74, 6) is -0.608. The van der Waals surface area contributed by atoms with Crippen LogP contribution in [0.2, 0.25) is 0 Å². The third kappa shape index (κ3) is 4.52. The van der Waals surface area contributed by atoms with Crippen molar-refractivity contribution in [3.63, 3.8) is 0 Å². The number of amides is 1. The molecular weight excluding hydrogens is 349 g/mol. The monoisotopic (exact) mass is 363 g/mol. The summed E-state index contributed by atoms with van der Waals surface area (Å²) in [6.45, 7) is 2.27. The van der Waals surface area contributed by atoms with Gasteiger partial charge in [-0.3, -0.25) is 9.59 Å². The van der Waals surface area contributed by atoms with Crippen LogP contribution < -0.4 is 5.32 Å². The molecule has 2 N–H and O–H groups in total. The van der Waals surface area contributed by atoms with Crippen molar-refractivity contribution in [1.82, 2.24) is 5.32 Å². The van der Waals surface area contributed by atoms with Gasteiger partial charge in [0.15, 0.2) is 0 Å². The highest BCUT2D eigenvalue weighted by molar-refractivity contribution is 14.1. The normalized spacial score (nSPS) is 9.89. The van der Waals surface area contributed by atoms with Crippen LogP contribution in [0.1, 0.15) is 23.7 Å². The third-order valence-corrected chi connectivity index (χ3v) is 3.04. The fourth-order valence-corrected chi connectivity index (χ4v) is 1.60. The van der Waals surface area contributed by atoms with Gasteiger partial charge >= 0.3 is 5.97 Å². The van der Waals surface area contributed by atoms with Gasteiger partial charge in [-0.2, -0.15) is 0 Å². The van der Waals surface area contributed by atoms with Gasteiger partial charge in [0.2, 0.25) is 0 Å².